The smallest absolute Gasteiger partial charge is 0.0468 e. The number of rotatable bonds is 6. The molecule has 46 heavy (non-hydrogen) atoms. The molecule has 0 saturated carbocycles. The first-order chi connectivity index (χ1) is 22.7. The second-order valence-electron chi connectivity index (χ2n) is 11.6. The summed E-state index contributed by atoms with van der Waals surface area (Å²) in [5.74, 6) is 0. The molecule has 0 heterocycles. The lowest BCUT2D eigenvalue weighted by Crippen LogP contribution is -2.10. The average Bonchev–Trinajstić information content (AvgIpc) is 3.12. The van der Waals surface area contributed by atoms with Crippen LogP contribution in [-0.2, 0) is 0 Å². The van der Waals surface area contributed by atoms with Gasteiger partial charge in [-0.1, -0.05) is 133 Å². The summed E-state index contributed by atoms with van der Waals surface area (Å²) < 4.78 is 0. The summed E-state index contributed by atoms with van der Waals surface area (Å²) in [5, 5.41) is 4.85. The predicted octanol–water partition coefficient (Wildman–Crippen LogP) is 12.0. The third kappa shape index (κ3) is 4.96. The number of para-hydroxylation sites is 2. The molecule has 0 bridgehead atoms. The lowest BCUT2D eigenvalue weighted by Gasteiger charge is -2.27. The minimum atomic E-state index is 0.745. The standard InChI is InChI=1S/C44H32N2/c45-33-25-27-41(43(29-33)39-23-11-15-31-13-7-9-21-37(31)39)42-28-26-36(30-44(42)40-24-12-16-32-14-8-10-22-38(32)40)46(34-17-3-1-4-18-34)35-19-5-2-6-20-35/h1-30H,45H2. The van der Waals surface area contributed by atoms with E-state index >= 15 is 0 Å². The molecular formula is C44H32N2. The number of nitrogen functional groups attached to an aromatic ring is 1. The van der Waals surface area contributed by atoms with Crippen LogP contribution in [0.15, 0.2) is 182 Å². The van der Waals surface area contributed by atoms with Crippen molar-refractivity contribution in [2.75, 3.05) is 10.6 Å². The fraction of sp³-hybridized carbons (Fsp3) is 0. The lowest BCUT2D eigenvalue weighted by molar-refractivity contribution is 1.28. The summed E-state index contributed by atoms with van der Waals surface area (Å²) in [4.78, 5) is 2.33. The summed E-state index contributed by atoms with van der Waals surface area (Å²) in [6, 6.07) is 64.7. The molecule has 8 rings (SSSR count). The molecule has 8 aromatic carbocycles. The zero-order valence-corrected chi connectivity index (χ0v) is 25.3. The number of benzene rings is 8. The second kappa shape index (κ2) is 11.8. The van der Waals surface area contributed by atoms with E-state index in [4.69, 9.17) is 5.73 Å². The fourth-order valence-corrected chi connectivity index (χ4v) is 6.67. The van der Waals surface area contributed by atoms with E-state index in [0.717, 1.165) is 45.0 Å². The van der Waals surface area contributed by atoms with E-state index in [0.29, 0.717) is 0 Å². The van der Waals surface area contributed by atoms with Gasteiger partial charge in [0.05, 0.1) is 0 Å². The van der Waals surface area contributed by atoms with Gasteiger partial charge in [0.2, 0.25) is 0 Å². The summed E-state index contributed by atoms with van der Waals surface area (Å²) in [6.07, 6.45) is 0. The number of anilines is 4. The van der Waals surface area contributed by atoms with Crippen molar-refractivity contribution in [2.45, 2.75) is 0 Å². The fourth-order valence-electron chi connectivity index (χ4n) is 6.67. The number of hydrogen-bond acceptors (Lipinski definition) is 2. The van der Waals surface area contributed by atoms with Crippen molar-refractivity contribution in [1.29, 1.82) is 0 Å². The van der Waals surface area contributed by atoms with Crippen molar-refractivity contribution in [3.8, 4) is 33.4 Å². The van der Waals surface area contributed by atoms with E-state index in [1.807, 2.05) is 6.07 Å². The highest BCUT2D eigenvalue weighted by molar-refractivity contribution is 6.06. The van der Waals surface area contributed by atoms with Gasteiger partial charge in [0.25, 0.3) is 0 Å². The van der Waals surface area contributed by atoms with Crippen LogP contribution in [0.2, 0.25) is 0 Å². The molecule has 0 spiro atoms. The zero-order chi connectivity index (χ0) is 30.9. The highest BCUT2D eigenvalue weighted by atomic mass is 15.1. The van der Waals surface area contributed by atoms with Crippen LogP contribution < -0.4 is 10.6 Å². The van der Waals surface area contributed by atoms with Crippen molar-refractivity contribution in [1.82, 2.24) is 0 Å². The first-order valence-electron chi connectivity index (χ1n) is 15.6. The van der Waals surface area contributed by atoms with Crippen LogP contribution in [0.4, 0.5) is 22.7 Å². The Balaban J connectivity index is 1.42. The normalized spacial score (nSPS) is 11.1. The zero-order valence-electron chi connectivity index (χ0n) is 25.3. The van der Waals surface area contributed by atoms with E-state index in [1.54, 1.807) is 0 Å². The Kier molecular flexibility index (Phi) is 7.01. The van der Waals surface area contributed by atoms with Crippen LogP contribution in [-0.4, -0.2) is 0 Å². The van der Waals surface area contributed by atoms with Crippen LogP contribution in [0.5, 0.6) is 0 Å². The maximum Gasteiger partial charge on any atom is 0.0468 e. The van der Waals surface area contributed by atoms with E-state index in [-0.39, 0.29) is 0 Å². The van der Waals surface area contributed by atoms with Gasteiger partial charge in [-0.3, -0.25) is 0 Å². The van der Waals surface area contributed by atoms with Crippen molar-refractivity contribution in [3.63, 3.8) is 0 Å². The van der Waals surface area contributed by atoms with Gasteiger partial charge in [0.15, 0.2) is 0 Å². The molecule has 0 atom stereocenters. The minimum absolute atomic E-state index is 0.745. The van der Waals surface area contributed by atoms with Gasteiger partial charge in [-0.05, 0) is 103 Å². The molecule has 0 radical (unpaired) electrons. The van der Waals surface area contributed by atoms with E-state index in [9.17, 15) is 0 Å². The Hall–Kier alpha value is -6.12. The Morgan fingerprint density at radius 2 is 0.761 bits per heavy atom. The molecule has 0 amide bonds. The van der Waals surface area contributed by atoms with Gasteiger partial charge in [-0.25, -0.2) is 0 Å². The van der Waals surface area contributed by atoms with Crippen LogP contribution >= 0.6 is 0 Å². The number of nitrogens with zero attached hydrogens (tertiary/aromatic N) is 1. The Bertz CT molecular complexity index is 2270. The molecule has 0 aliphatic carbocycles. The molecule has 0 saturated heterocycles. The maximum atomic E-state index is 6.50. The van der Waals surface area contributed by atoms with Gasteiger partial charge in [0.1, 0.15) is 0 Å². The summed E-state index contributed by atoms with van der Waals surface area (Å²) in [6.45, 7) is 0. The Morgan fingerprint density at radius 3 is 1.33 bits per heavy atom. The van der Waals surface area contributed by atoms with Crippen LogP contribution in [0.1, 0.15) is 0 Å². The van der Waals surface area contributed by atoms with Crippen LogP contribution in [0.3, 0.4) is 0 Å². The summed E-state index contributed by atoms with van der Waals surface area (Å²) in [7, 11) is 0. The van der Waals surface area contributed by atoms with Gasteiger partial charge >= 0.3 is 0 Å². The van der Waals surface area contributed by atoms with E-state index in [1.165, 1.54) is 32.7 Å². The van der Waals surface area contributed by atoms with Gasteiger partial charge in [-0.15, -0.1) is 0 Å². The molecule has 0 unspecified atom stereocenters. The highest BCUT2D eigenvalue weighted by Crippen LogP contribution is 2.45. The number of nitrogens with two attached hydrogens (primary N) is 1. The van der Waals surface area contributed by atoms with Gasteiger partial charge in [0, 0.05) is 22.7 Å². The third-order valence-corrected chi connectivity index (χ3v) is 8.78. The number of hydrogen-bond donors (Lipinski definition) is 1. The quantitative estimate of drug-likeness (QED) is 0.196. The van der Waals surface area contributed by atoms with Crippen molar-refractivity contribution < 1.29 is 0 Å². The van der Waals surface area contributed by atoms with E-state index < -0.39 is 0 Å². The average molecular weight is 589 g/mol. The Morgan fingerprint density at radius 1 is 0.304 bits per heavy atom. The molecule has 8 aromatic rings. The van der Waals surface area contributed by atoms with Crippen LogP contribution in [0, 0.1) is 0 Å². The molecule has 2 nitrogen and oxygen atoms in total. The Labute approximate surface area is 269 Å². The summed E-state index contributed by atoms with van der Waals surface area (Å²) >= 11 is 0. The maximum absolute atomic E-state index is 6.50. The van der Waals surface area contributed by atoms with Crippen molar-refractivity contribution in [3.05, 3.63) is 182 Å². The minimum Gasteiger partial charge on any atom is -0.399 e. The molecule has 0 fully saturated rings. The molecular weight excluding hydrogens is 556 g/mol. The molecule has 2 heteroatoms. The van der Waals surface area contributed by atoms with Crippen molar-refractivity contribution in [2.24, 2.45) is 0 Å². The molecule has 2 N–H and O–H groups in total. The first kappa shape index (κ1) is 27.4. The number of fused-ring (bicyclic) bond motifs is 2. The highest BCUT2D eigenvalue weighted by Gasteiger charge is 2.20. The largest absolute Gasteiger partial charge is 0.399 e. The lowest BCUT2D eigenvalue weighted by atomic mass is 9.86. The third-order valence-electron chi connectivity index (χ3n) is 8.78. The SMILES string of the molecule is Nc1ccc(-c2ccc(N(c3ccccc3)c3ccccc3)cc2-c2cccc3ccccc23)c(-c2cccc3ccccc23)c1. The van der Waals surface area contributed by atoms with Crippen LogP contribution in [0.25, 0.3) is 54.9 Å². The van der Waals surface area contributed by atoms with Gasteiger partial charge < -0.3 is 10.6 Å². The van der Waals surface area contributed by atoms with Crippen molar-refractivity contribution >= 4 is 44.3 Å². The first-order valence-corrected chi connectivity index (χ1v) is 15.6. The molecule has 0 aliphatic heterocycles. The molecule has 0 aromatic heterocycles. The summed E-state index contributed by atoms with van der Waals surface area (Å²) in [5.41, 5.74) is 17.5. The molecule has 218 valence electrons. The predicted molar refractivity (Wildman–Crippen MR) is 197 cm³/mol. The topological polar surface area (TPSA) is 29.3 Å². The van der Waals surface area contributed by atoms with Gasteiger partial charge in [-0.2, -0.15) is 0 Å². The molecule has 0 aliphatic rings. The second-order valence-corrected chi connectivity index (χ2v) is 11.6. The van der Waals surface area contributed by atoms with E-state index in [2.05, 4.69) is 181 Å². The monoisotopic (exact) mass is 588 g/mol.